The zero-order valence-corrected chi connectivity index (χ0v) is 12.3. The van der Waals surface area contributed by atoms with E-state index >= 15 is 0 Å². The fourth-order valence-electron chi connectivity index (χ4n) is 1.73. The SMILES string of the molecule is CCCC(C)NCCOCc1cccc(Br)c1. The van der Waals surface area contributed by atoms with Crippen molar-refractivity contribution >= 4 is 15.9 Å². The van der Waals surface area contributed by atoms with Crippen LogP contribution < -0.4 is 5.32 Å². The van der Waals surface area contributed by atoms with Crippen molar-refractivity contribution < 1.29 is 4.74 Å². The minimum absolute atomic E-state index is 0.592. The average molecular weight is 300 g/mol. The standard InChI is InChI=1S/C14H22BrNO/c1-3-5-12(2)16-8-9-17-11-13-6-4-7-14(15)10-13/h4,6-7,10,12,16H,3,5,8-9,11H2,1-2H3. The summed E-state index contributed by atoms with van der Waals surface area (Å²) in [7, 11) is 0. The van der Waals surface area contributed by atoms with Gasteiger partial charge in [0.15, 0.2) is 0 Å². The molecule has 0 saturated heterocycles. The summed E-state index contributed by atoms with van der Waals surface area (Å²) in [5.74, 6) is 0. The van der Waals surface area contributed by atoms with Crippen molar-refractivity contribution in [2.45, 2.75) is 39.3 Å². The van der Waals surface area contributed by atoms with Gasteiger partial charge in [-0.2, -0.15) is 0 Å². The molecule has 1 unspecified atom stereocenters. The summed E-state index contributed by atoms with van der Waals surface area (Å²) in [6.45, 7) is 6.80. The molecule has 2 nitrogen and oxygen atoms in total. The first-order valence-corrected chi connectivity index (χ1v) is 7.07. The first-order chi connectivity index (χ1) is 8.22. The van der Waals surface area contributed by atoms with E-state index in [4.69, 9.17) is 4.74 Å². The topological polar surface area (TPSA) is 21.3 Å². The van der Waals surface area contributed by atoms with Gasteiger partial charge in [0.2, 0.25) is 0 Å². The van der Waals surface area contributed by atoms with E-state index in [0.717, 1.165) is 17.6 Å². The van der Waals surface area contributed by atoms with Crippen LogP contribution in [0.2, 0.25) is 0 Å². The lowest BCUT2D eigenvalue weighted by molar-refractivity contribution is 0.121. The Bertz CT molecular complexity index is 317. The summed E-state index contributed by atoms with van der Waals surface area (Å²) >= 11 is 3.45. The lowest BCUT2D eigenvalue weighted by Crippen LogP contribution is -2.29. The number of benzene rings is 1. The molecular formula is C14H22BrNO. The molecule has 0 aliphatic heterocycles. The number of hydrogen-bond acceptors (Lipinski definition) is 2. The molecule has 0 spiro atoms. The number of rotatable bonds is 8. The van der Waals surface area contributed by atoms with Crippen molar-refractivity contribution in [1.82, 2.24) is 5.32 Å². The summed E-state index contributed by atoms with van der Waals surface area (Å²) in [5, 5.41) is 3.45. The highest BCUT2D eigenvalue weighted by molar-refractivity contribution is 9.10. The highest BCUT2D eigenvalue weighted by Crippen LogP contribution is 2.12. The van der Waals surface area contributed by atoms with Crippen LogP contribution >= 0.6 is 15.9 Å². The Morgan fingerprint density at radius 2 is 2.24 bits per heavy atom. The van der Waals surface area contributed by atoms with E-state index in [-0.39, 0.29) is 0 Å². The van der Waals surface area contributed by atoms with Gasteiger partial charge in [-0.25, -0.2) is 0 Å². The molecule has 0 aliphatic carbocycles. The lowest BCUT2D eigenvalue weighted by Gasteiger charge is -2.12. The quantitative estimate of drug-likeness (QED) is 0.738. The van der Waals surface area contributed by atoms with E-state index in [1.54, 1.807) is 0 Å². The summed E-state index contributed by atoms with van der Waals surface area (Å²) in [6.07, 6.45) is 2.46. The fraction of sp³-hybridized carbons (Fsp3) is 0.571. The van der Waals surface area contributed by atoms with Crippen LogP contribution in [-0.2, 0) is 11.3 Å². The van der Waals surface area contributed by atoms with Crippen LogP contribution in [0.4, 0.5) is 0 Å². The van der Waals surface area contributed by atoms with Crippen LogP contribution in [0.15, 0.2) is 28.7 Å². The molecule has 17 heavy (non-hydrogen) atoms. The van der Waals surface area contributed by atoms with Gasteiger partial charge in [0.25, 0.3) is 0 Å². The molecule has 0 amide bonds. The molecule has 1 N–H and O–H groups in total. The van der Waals surface area contributed by atoms with Gasteiger partial charge in [0, 0.05) is 17.1 Å². The largest absolute Gasteiger partial charge is 0.375 e. The zero-order chi connectivity index (χ0) is 12.5. The Labute approximate surface area is 113 Å². The van der Waals surface area contributed by atoms with Crippen LogP contribution in [0.1, 0.15) is 32.3 Å². The second-order valence-corrected chi connectivity index (χ2v) is 5.24. The first kappa shape index (κ1) is 14.7. The van der Waals surface area contributed by atoms with Crippen LogP contribution in [0.5, 0.6) is 0 Å². The molecule has 0 heterocycles. The summed E-state index contributed by atoms with van der Waals surface area (Å²) in [6, 6.07) is 8.82. The molecule has 3 heteroatoms. The van der Waals surface area contributed by atoms with Gasteiger partial charge in [-0.15, -0.1) is 0 Å². The fourth-order valence-corrected chi connectivity index (χ4v) is 2.18. The Morgan fingerprint density at radius 1 is 1.41 bits per heavy atom. The van der Waals surface area contributed by atoms with Crippen molar-refractivity contribution in [3.8, 4) is 0 Å². The first-order valence-electron chi connectivity index (χ1n) is 6.28. The third kappa shape index (κ3) is 6.81. The van der Waals surface area contributed by atoms with E-state index in [2.05, 4.69) is 47.2 Å². The molecular weight excluding hydrogens is 278 g/mol. The Kier molecular flexibility index (Phi) is 7.49. The smallest absolute Gasteiger partial charge is 0.0717 e. The van der Waals surface area contributed by atoms with Crippen molar-refractivity contribution in [2.24, 2.45) is 0 Å². The maximum atomic E-state index is 5.62. The van der Waals surface area contributed by atoms with E-state index < -0.39 is 0 Å². The van der Waals surface area contributed by atoms with Crippen LogP contribution in [0.3, 0.4) is 0 Å². The van der Waals surface area contributed by atoms with Gasteiger partial charge >= 0.3 is 0 Å². The van der Waals surface area contributed by atoms with Gasteiger partial charge in [-0.3, -0.25) is 0 Å². The van der Waals surface area contributed by atoms with Crippen LogP contribution in [-0.4, -0.2) is 19.2 Å². The van der Waals surface area contributed by atoms with Gasteiger partial charge in [0.1, 0.15) is 0 Å². The van der Waals surface area contributed by atoms with E-state index in [1.807, 2.05) is 12.1 Å². The van der Waals surface area contributed by atoms with E-state index in [0.29, 0.717) is 12.6 Å². The molecule has 0 bridgehead atoms. The molecule has 1 atom stereocenters. The number of nitrogens with one attached hydrogen (secondary N) is 1. The summed E-state index contributed by atoms with van der Waals surface area (Å²) in [5.41, 5.74) is 1.21. The third-order valence-corrected chi connectivity index (χ3v) is 3.11. The molecule has 1 aromatic carbocycles. The molecule has 1 rings (SSSR count). The number of halogens is 1. The zero-order valence-electron chi connectivity index (χ0n) is 10.7. The number of hydrogen-bond donors (Lipinski definition) is 1. The normalized spacial score (nSPS) is 12.6. The lowest BCUT2D eigenvalue weighted by atomic mass is 10.2. The molecule has 0 fully saturated rings. The maximum Gasteiger partial charge on any atom is 0.0717 e. The Hall–Kier alpha value is -0.380. The second kappa shape index (κ2) is 8.67. The average Bonchev–Trinajstić information content (AvgIpc) is 2.29. The van der Waals surface area contributed by atoms with Crippen LogP contribution in [0.25, 0.3) is 0 Å². The van der Waals surface area contributed by atoms with Gasteiger partial charge in [-0.1, -0.05) is 41.4 Å². The van der Waals surface area contributed by atoms with E-state index in [1.165, 1.54) is 18.4 Å². The predicted molar refractivity (Wildman–Crippen MR) is 76.2 cm³/mol. The van der Waals surface area contributed by atoms with Gasteiger partial charge in [0.05, 0.1) is 13.2 Å². The number of ether oxygens (including phenoxy) is 1. The maximum absolute atomic E-state index is 5.62. The molecule has 0 radical (unpaired) electrons. The summed E-state index contributed by atoms with van der Waals surface area (Å²) < 4.78 is 6.72. The van der Waals surface area contributed by atoms with Gasteiger partial charge < -0.3 is 10.1 Å². The molecule has 0 saturated carbocycles. The predicted octanol–water partition coefficient (Wildman–Crippen LogP) is 3.74. The van der Waals surface area contributed by atoms with Gasteiger partial charge in [-0.05, 0) is 31.0 Å². The minimum Gasteiger partial charge on any atom is -0.375 e. The third-order valence-electron chi connectivity index (χ3n) is 2.62. The summed E-state index contributed by atoms with van der Waals surface area (Å²) in [4.78, 5) is 0. The second-order valence-electron chi connectivity index (χ2n) is 4.33. The van der Waals surface area contributed by atoms with Crippen molar-refractivity contribution in [1.29, 1.82) is 0 Å². The molecule has 1 aromatic rings. The van der Waals surface area contributed by atoms with Crippen molar-refractivity contribution in [2.75, 3.05) is 13.2 Å². The van der Waals surface area contributed by atoms with Crippen LogP contribution in [0, 0.1) is 0 Å². The molecule has 96 valence electrons. The van der Waals surface area contributed by atoms with E-state index in [9.17, 15) is 0 Å². The van der Waals surface area contributed by atoms with Crippen molar-refractivity contribution in [3.05, 3.63) is 34.3 Å². The highest BCUT2D eigenvalue weighted by Gasteiger charge is 1.98. The monoisotopic (exact) mass is 299 g/mol. The Morgan fingerprint density at radius 3 is 2.94 bits per heavy atom. The highest BCUT2D eigenvalue weighted by atomic mass is 79.9. The molecule has 0 aromatic heterocycles. The Balaban J connectivity index is 2.08. The minimum atomic E-state index is 0.592. The molecule has 0 aliphatic rings. The van der Waals surface area contributed by atoms with Crippen molar-refractivity contribution in [3.63, 3.8) is 0 Å².